The van der Waals surface area contributed by atoms with Crippen molar-refractivity contribution in [3.8, 4) is 0 Å². The van der Waals surface area contributed by atoms with Crippen molar-refractivity contribution in [2.75, 3.05) is 0 Å². The van der Waals surface area contributed by atoms with Crippen LogP contribution in [0.2, 0.25) is 0 Å². The number of fused-ring (bicyclic) bond motifs is 1. The number of hydrogen-bond acceptors (Lipinski definition) is 6. The standard InChI is InChI=1S/C17H16N2O6/c1-9(2)14-12-7-13(20)15(18(12)16(14)21)17(22)25-8-10-3-5-11(6-4-10)19(23)24/h3-6,12,15H,7-8H2,1-2H3. The summed E-state index contributed by atoms with van der Waals surface area (Å²) in [5, 5.41) is 10.6. The number of Topliss-reactive ketones (excluding diaryl/α,β-unsaturated/α-hetero) is 1. The Balaban J connectivity index is 1.66. The number of benzene rings is 1. The van der Waals surface area contributed by atoms with Gasteiger partial charge in [-0.15, -0.1) is 0 Å². The van der Waals surface area contributed by atoms with Crippen LogP contribution in [0.15, 0.2) is 35.4 Å². The number of ketones is 1. The predicted molar refractivity (Wildman–Crippen MR) is 85.3 cm³/mol. The van der Waals surface area contributed by atoms with Gasteiger partial charge in [-0.2, -0.15) is 0 Å². The summed E-state index contributed by atoms with van der Waals surface area (Å²) >= 11 is 0. The van der Waals surface area contributed by atoms with Crippen LogP contribution < -0.4 is 0 Å². The molecule has 2 heterocycles. The first-order valence-corrected chi connectivity index (χ1v) is 7.74. The Morgan fingerprint density at radius 3 is 2.48 bits per heavy atom. The lowest BCUT2D eigenvalue weighted by molar-refractivity contribution is -0.384. The minimum atomic E-state index is -1.20. The van der Waals surface area contributed by atoms with Crippen LogP contribution in [0.4, 0.5) is 5.69 Å². The van der Waals surface area contributed by atoms with E-state index in [9.17, 15) is 24.5 Å². The zero-order valence-corrected chi connectivity index (χ0v) is 13.7. The van der Waals surface area contributed by atoms with Gasteiger partial charge in [0.25, 0.3) is 11.6 Å². The maximum Gasteiger partial charge on any atom is 0.337 e. The summed E-state index contributed by atoms with van der Waals surface area (Å²) in [6.07, 6.45) is 0.129. The lowest BCUT2D eigenvalue weighted by Gasteiger charge is -2.40. The van der Waals surface area contributed by atoms with Crippen LogP contribution >= 0.6 is 0 Å². The number of esters is 1. The van der Waals surface area contributed by atoms with Crippen LogP contribution in [0, 0.1) is 10.1 Å². The molecule has 0 spiro atoms. The number of β-lactam (4-membered cyclic amide) rings is 1. The van der Waals surface area contributed by atoms with Gasteiger partial charge in [0.2, 0.25) is 0 Å². The Morgan fingerprint density at radius 1 is 1.28 bits per heavy atom. The molecule has 2 fully saturated rings. The number of rotatable bonds is 4. The van der Waals surface area contributed by atoms with Crippen LogP contribution in [-0.4, -0.2) is 39.6 Å². The summed E-state index contributed by atoms with van der Waals surface area (Å²) in [7, 11) is 0. The average molecular weight is 344 g/mol. The van der Waals surface area contributed by atoms with Crippen LogP contribution in [-0.2, 0) is 25.7 Å². The second-order valence-corrected chi connectivity index (χ2v) is 6.25. The molecule has 2 saturated heterocycles. The van der Waals surface area contributed by atoms with E-state index in [1.807, 2.05) is 0 Å². The number of nitro groups is 1. The van der Waals surface area contributed by atoms with Crippen LogP contribution in [0.1, 0.15) is 25.8 Å². The van der Waals surface area contributed by atoms with Gasteiger partial charge in [-0.25, -0.2) is 4.79 Å². The third-order valence-electron chi connectivity index (χ3n) is 4.40. The Kier molecular flexibility index (Phi) is 4.12. The molecule has 0 bridgehead atoms. The first-order chi connectivity index (χ1) is 11.8. The minimum Gasteiger partial charge on any atom is -0.459 e. The zero-order valence-electron chi connectivity index (χ0n) is 13.7. The summed E-state index contributed by atoms with van der Waals surface area (Å²) in [5.41, 5.74) is 1.93. The highest BCUT2D eigenvalue weighted by atomic mass is 16.6. The third kappa shape index (κ3) is 2.79. The van der Waals surface area contributed by atoms with Gasteiger partial charge in [0, 0.05) is 24.1 Å². The van der Waals surface area contributed by atoms with E-state index in [0.717, 1.165) is 5.57 Å². The molecular formula is C17H16N2O6. The highest BCUT2D eigenvalue weighted by Gasteiger charge is 2.57. The van der Waals surface area contributed by atoms with Gasteiger partial charge in [-0.3, -0.25) is 19.7 Å². The molecule has 3 rings (SSSR count). The number of ether oxygens (including phenoxy) is 1. The number of nitrogens with zero attached hydrogens (tertiary/aromatic N) is 2. The normalized spacial score (nSPS) is 21.7. The van der Waals surface area contributed by atoms with Gasteiger partial charge < -0.3 is 9.64 Å². The lowest BCUT2D eigenvalue weighted by Crippen LogP contribution is -2.57. The maximum atomic E-state index is 12.3. The highest BCUT2D eigenvalue weighted by Crippen LogP contribution is 2.39. The van der Waals surface area contributed by atoms with Gasteiger partial charge in [0.15, 0.2) is 11.8 Å². The van der Waals surface area contributed by atoms with Crippen molar-refractivity contribution in [2.24, 2.45) is 0 Å². The molecule has 8 heteroatoms. The Hall–Kier alpha value is -3.03. The van der Waals surface area contributed by atoms with Crippen LogP contribution in [0.3, 0.4) is 0 Å². The van der Waals surface area contributed by atoms with Crippen molar-refractivity contribution in [1.29, 1.82) is 0 Å². The molecule has 0 saturated carbocycles. The Morgan fingerprint density at radius 2 is 1.92 bits per heavy atom. The van der Waals surface area contributed by atoms with E-state index in [1.54, 1.807) is 13.8 Å². The number of hydrogen-bond donors (Lipinski definition) is 0. The number of nitro benzene ring substituents is 1. The number of non-ortho nitro benzene ring substituents is 1. The van der Waals surface area contributed by atoms with Gasteiger partial charge in [-0.1, -0.05) is 5.57 Å². The smallest absolute Gasteiger partial charge is 0.337 e. The van der Waals surface area contributed by atoms with E-state index < -0.39 is 16.9 Å². The molecule has 8 nitrogen and oxygen atoms in total. The molecular weight excluding hydrogens is 328 g/mol. The SMILES string of the molecule is CC(C)=C1C(=O)N2C1CC(=O)C2C(=O)OCc1ccc([N+](=O)[O-])cc1. The van der Waals surface area contributed by atoms with Crippen molar-refractivity contribution in [2.45, 2.75) is 39.0 Å². The number of carbonyl (C=O) groups excluding carboxylic acids is 3. The summed E-state index contributed by atoms with van der Waals surface area (Å²) in [6.45, 7) is 3.48. The zero-order chi connectivity index (χ0) is 18.3. The maximum absolute atomic E-state index is 12.3. The van der Waals surface area contributed by atoms with Crippen LogP contribution in [0.25, 0.3) is 0 Å². The molecule has 0 aliphatic carbocycles. The highest BCUT2D eigenvalue weighted by molar-refractivity contribution is 6.16. The summed E-state index contributed by atoms with van der Waals surface area (Å²) in [6, 6.07) is 4.03. The molecule has 2 atom stereocenters. The second kappa shape index (κ2) is 6.12. The number of carbonyl (C=O) groups is 3. The molecule has 0 N–H and O–H groups in total. The topological polar surface area (TPSA) is 107 Å². The third-order valence-corrected chi connectivity index (χ3v) is 4.40. The predicted octanol–water partition coefficient (Wildman–Crippen LogP) is 1.53. The molecule has 0 radical (unpaired) electrons. The minimum absolute atomic E-state index is 0.0654. The summed E-state index contributed by atoms with van der Waals surface area (Å²) < 4.78 is 5.14. The fourth-order valence-electron chi connectivity index (χ4n) is 3.19. The van der Waals surface area contributed by atoms with Crippen molar-refractivity contribution in [3.05, 3.63) is 51.1 Å². The molecule has 1 aromatic carbocycles. The first kappa shape index (κ1) is 16.8. The van der Waals surface area contributed by atoms with E-state index in [0.29, 0.717) is 11.1 Å². The largest absolute Gasteiger partial charge is 0.459 e. The van der Waals surface area contributed by atoms with Crippen molar-refractivity contribution >= 4 is 23.3 Å². The molecule has 25 heavy (non-hydrogen) atoms. The van der Waals surface area contributed by atoms with E-state index in [1.165, 1.54) is 29.2 Å². The number of allylic oxidation sites excluding steroid dienone is 1. The number of amides is 1. The molecule has 1 aromatic rings. The van der Waals surface area contributed by atoms with Crippen molar-refractivity contribution in [1.82, 2.24) is 4.90 Å². The van der Waals surface area contributed by atoms with E-state index in [4.69, 9.17) is 4.74 Å². The molecule has 130 valence electrons. The fourth-order valence-corrected chi connectivity index (χ4v) is 3.19. The first-order valence-electron chi connectivity index (χ1n) is 7.74. The second-order valence-electron chi connectivity index (χ2n) is 6.25. The Bertz CT molecular complexity index is 807. The molecule has 0 aromatic heterocycles. The molecule has 2 unspecified atom stereocenters. The van der Waals surface area contributed by atoms with Crippen molar-refractivity contribution in [3.63, 3.8) is 0 Å². The lowest BCUT2D eigenvalue weighted by atomic mass is 9.91. The van der Waals surface area contributed by atoms with Gasteiger partial charge in [0.05, 0.1) is 11.0 Å². The fraction of sp³-hybridized carbons (Fsp3) is 0.353. The van der Waals surface area contributed by atoms with E-state index in [2.05, 4.69) is 0 Å². The molecule has 1 amide bonds. The van der Waals surface area contributed by atoms with Gasteiger partial charge in [0.1, 0.15) is 6.61 Å². The van der Waals surface area contributed by atoms with Crippen molar-refractivity contribution < 1.29 is 24.0 Å². The van der Waals surface area contributed by atoms with Gasteiger partial charge >= 0.3 is 5.97 Å². The van der Waals surface area contributed by atoms with E-state index in [-0.39, 0.29) is 36.4 Å². The molecule has 2 aliphatic heterocycles. The quantitative estimate of drug-likeness (QED) is 0.205. The average Bonchev–Trinajstić information content (AvgIpc) is 2.85. The summed E-state index contributed by atoms with van der Waals surface area (Å²) in [4.78, 5) is 47.9. The monoisotopic (exact) mass is 344 g/mol. The van der Waals surface area contributed by atoms with Crippen LogP contribution in [0.5, 0.6) is 0 Å². The van der Waals surface area contributed by atoms with Gasteiger partial charge in [-0.05, 0) is 31.5 Å². The van der Waals surface area contributed by atoms with E-state index >= 15 is 0 Å². The summed E-state index contributed by atoms with van der Waals surface area (Å²) in [5.74, 6) is -1.40. The molecule has 2 aliphatic rings. The Labute approximate surface area is 143 Å².